The van der Waals surface area contributed by atoms with E-state index in [1.165, 1.54) is 104 Å². The lowest BCUT2D eigenvalue weighted by Gasteiger charge is -2.45. The van der Waals surface area contributed by atoms with Crippen molar-refractivity contribution in [2.24, 2.45) is 0 Å². The Hall–Kier alpha value is -7.90. The fourth-order valence-corrected chi connectivity index (χ4v) is 15.4. The van der Waals surface area contributed by atoms with Gasteiger partial charge in [0, 0.05) is 24.1 Å². The molecule has 0 saturated heterocycles. The molecular weight excluding hydrogens is 1010 g/mol. The van der Waals surface area contributed by atoms with Crippen LogP contribution >= 0.6 is 0 Å². The molecule has 0 aromatic heterocycles. The van der Waals surface area contributed by atoms with Gasteiger partial charge in [0.15, 0.2) is 0 Å². The van der Waals surface area contributed by atoms with Crippen LogP contribution in [0.3, 0.4) is 0 Å². The van der Waals surface area contributed by atoms with Crippen molar-refractivity contribution in [3.05, 3.63) is 183 Å². The predicted octanol–water partition coefficient (Wildman–Crippen LogP) is 18.8. The fourth-order valence-electron chi connectivity index (χ4n) is 15.4. The summed E-state index contributed by atoms with van der Waals surface area (Å²) < 4.78 is 38.2. The van der Waals surface area contributed by atoms with Gasteiger partial charge >= 0.3 is 0 Å². The second-order valence-electron chi connectivity index (χ2n) is 22.9. The SMILES string of the molecule is CCOc1cccc2c1c(OCC)cc1c3c(ccc12)C(C1=Cc2ccc(C4CCCc5c4ccc4c5cc(OCC)c5c(OCC)cccc54)cc2CN1C1CCCc2c1ccc1c2cc(OCC)c2c(OCC)cccc21)CCC3. The highest BCUT2D eigenvalue weighted by molar-refractivity contribution is 6.16. The smallest absolute Gasteiger partial charge is 0.131 e. The second kappa shape index (κ2) is 21.8. The molecule has 0 saturated carbocycles. The maximum Gasteiger partial charge on any atom is 0.131 e. The molecule has 0 radical (unpaired) electrons. The van der Waals surface area contributed by atoms with Gasteiger partial charge in [0.05, 0.1) is 61.8 Å². The Morgan fingerprint density at radius 2 is 0.793 bits per heavy atom. The quantitative estimate of drug-likeness (QED) is 0.0948. The molecule has 14 rings (SSSR count). The summed E-state index contributed by atoms with van der Waals surface area (Å²) in [6.07, 6.45) is 12.4. The van der Waals surface area contributed by atoms with Crippen molar-refractivity contribution in [2.45, 2.75) is 124 Å². The Morgan fingerprint density at radius 3 is 1.27 bits per heavy atom. The van der Waals surface area contributed by atoms with Crippen LogP contribution in [0.15, 0.2) is 133 Å². The van der Waals surface area contributed by atoms with E-state index in [0.29, 0.717) is 45.6 Å². The molecule has 416 valence electrons. The first-order valence-corrected chi connectivity index (χ1v) is 30.8. The van der Waals surface area contributed by atoms with Crippen LogP contribution in [-0.4, -0.2) is 44.5 Å². The van der Waals surface area contributed by atoms with Gasteiger partial charge in [-0.3, -0.25) is 0 Å². The van der Waals surface area contributed by atoms with Crippen molar-refractivity contribution in [3.63, 3.8) is 0 Å². The van der Waals surface area contributed by atoms with E-state index in [1.54, 1.807) is 0 Å². The van der Waals surface area contributed by atoms with Gasteiger partial charge in [-0.15, -0.1) is 0 Å². The number of aryl methyl sites for hydroxylation is 3. The molecule has 1 heterocycles. The standard InChI is InChI=1S/C75H75NO6/c1-7-77-67-28-16-24-59-54-35-33-52-48(19-13-20-49(52)62(54)41-70(73(59)67)80-10-4)46-32-31-45-40-66(57-23-14-21-50-53(57)34-36-55-60-25-17-29-68(78-8-2)74(60)71(81-11-5)42-63(50)55)76(44-47(45)39-46)65-27-15-22-51-58(65)38-37-56-61-26-18-30-69(79-9-3)75(61)72(82-12-6)43-64(51)56/h16-18,24-26,28-43,48,57,65H,7-15,19-23,27,44H2,1-6H3. The molecule has 82 heavy (non-hydrogen) atoms. The zero-order valence-corrected chi connectivity index (χ0v) is 48.6. The number of allylic oxidation sites excluding steroid dienone is 1. The summed E-state index contributed by atoms with van der Waals surface area (Å²) in [4.78, 5) is 2.87. The number of rotatable bonds is 15. The van der Waals surface area contributed by atoms with Gasteiger partial charge in [0.1, 0.15) is 34.5 Å². The van der Waals surface area contributed by atoms with Crippen molar-refractivity contribution in [1.29, 1.82) is 0 Å². The van der Waals surface area contributed by atoms with Gasteiger partial charge in [-0.05, 0) is 240 Å². The number of fused-ring (bicyclic) bond motifs is 16. The molecule has 3 unspecified atom stereocenters. The third kappa shape index (κ3) is 8.58. The fraction of sp³-hybridized carbons (Fsp3) is 0.333. The number of benzene rings is 10. The number of hydrogen-bond acceptors (Lipinski definition) is 7. The van der Waals surface area contributed by atoms with E-state index in [-0.39, 0.29) is 12.0 Å². The lowest BCUT2D eigenvalue weighted by atomic mass is 9.74. The lowest BCUT2D eigenvalue weighted by molar-refractivity contribution is 0.205. The highest BCUT2D eigenvalue weighted by Gasteiger charge is 2.37. The molecule has 7 heteroatoms. The summed E-state index contributed by atoms with van der Waals surface area (Å²) in [5, 5.41) is 14.5. The monoisotopic (exact) mass is 1090 g/mol. The number of ether oxygens (including phenoxy) is 6. The van der Waals surface area contributed by atoms with Crippen molar-refractivity contribution in [2.75, 3.05) is 39.6 Å². The van der Waals surface area contributed by atoms with E-state index in [0.717, 1.165) is 115 Å². The molecule has 3 atom stereocenters. The average molecular weight is 1090 g/mol. The molecule has 3 aliphatic carbocycles. The Morgan fingerprint density at radius 1 is 0.378 bits per heavy atom. The minimum absolute atomic E-state index is 0.188. The van der Waals surface area contributed by atoms with Crippen molar-refractivity contribution >= 4 is 70.7 Å². The molecule has 0 bridgehead atoms. The van der Waals surface area contributed by atoms with Crippen molar-refractivity contribution in [3.8, 4) is 34.5 Å². The van der Waals surface area contributed by atoms with E-state index in [9.17, 15) is 0 Å². The maximum absolute atomic E-state index is 6.53. The summed E-state index contributed by atoms with van der Waals surface area (Å²) in [7, 11) is 0. The van der Waals surface area contributed by atoms with Gasteiger partial charge in [0.2, 0.25) is 0 Å². The van der Waals surface area contributed by atoms with Gasteiger partial charge in [-0.2, -0.15) is 0 Å². The summed E-state index contributed by atoms with van der Waals surface area (Å²) >= 11 is 0. The zero-order valence-electron chi connectivity index (χ0n) is 48.6. The largest absolute Gasteiger partial charge is 0.493 e. The van der Waals surface area contributed by atoms with E-state index < -0.39 is 0 Å². The molecule has 10 aromatic rings. The number of nitrogens with zero attached hydrogens (tertiary/aromatic N) is 1. The molecular formula is C75H75NO6. The minimum Gasteiger partial charge on any atom is -0.493 e. The van der Waals surface area contributed by atoms with Gasteiger partial charge < -0.3 is 33.3 Å². The maximum atomic E-state index is 6.53. The third-order valence-corrected chi connectivity index (χ3v) is 18.6. The summed E-state index contributed by atoms with van der Waals surface area (Å²) in [6.45, 7) is 16.8. The van der Waals surface area contributed by atoms with Crippen LogP contribution in [0.2, 0.25) is 0 Å². The van der Waals surface area contributed by atoms with Crippen LogP contribution in [0.1, 0.15) is 148 Å². The van der Waals surface area contributed by atoms with Crippen LogP contribution in [0.25, 0.3) is 70.7 Å². The molecule has 7 nitrogen and oxygen atoms in total. The molecule has 0 amide bonds. The molecule has 0 N–H and O–H groups in total. The number of hydrogen-bond donors (Lipinski definition) is 0. The lowest BCUT2D eigenvalue weighted by Crippen LogP contribution is -2.35. The zero-order chi connectivity index (χ0) is 55.6. The topological polar surface area (TPSA) is 58.6 Å². The minimum atomic E-state index is 0.188. The van der Waals surface area contributed by atoms with Gasteiger partial charge in [-0.1, -0.05) is 91.0 Å². The van der Waals surface area contributed by atoms with E-state index in [1.807, 2.05) is 0 Å². The molecule has 4 aliphatic rings. The normalized spacial score (nSPS) is 17.6. The molecule has 10 aromatic carbocycles. The Labute approximate surface area is 482 Å². The Bertz CT molecular complexity index is 4190. The summed E-state index contributed by atoms with van der Waals surface area (Å²) in [6, 6.07) is 48.7. The molecule has 1 aliphatic heterocycles. The second-order valence-corrected chi connectivity index (χ2v) is 22.9. The predicted molar refractivity (Wildman–Crippen MR) is 337 cm³/mol. The van der Waals surface area contributed by atoms with E-state index in [2.05, 4.69) is 180 Å². The van der Waals surface area contributed by atoms with Crippen LogP contribution < -0.4 is 28.4 Å². The van der Waals surface area contributed by atoms with Gasteiger partial charge in [0.25, 0.3) is 0 Å². The molecule has 0 spiro atoms. The van der Waals surface area contributed by atoms with Crippen molar-refractivity contribution < 1.29 is 28.4 Å². The van der Waals surface area contributed by atoms with Crippen LogP contribution in [0, 0.1) is 0 Å². The average Bonchev–Trinajstić information content (AvgIpc) is 1.97. The summed E-state index contributed by atoms with van der Waals surface area (Å²) in [5.41, 5.74) is 14.3. The Kier molecular flexibility index (Phi) is 13.9. The van der Waals surface area contributed by atoms with Crippen LogP contribution in [-0.2, 0) is 25.8 Å². The first-order chi connectivity index (χ1) is 40.4. The van der Waals surface area contributed by atoms with E-state index >= 15 is 0 Å². The Balaban J connectivity index is 0.920. The van der Waals surface area contributed by atoms with Crippen LogP contribution in [0.5, 0.6) is 34.5 Å². The third-order valence-electron chi connectivity index (χ3n) is 18.6. The van der Waals surface area contributed by atoms with Crippen LogP contribution in [0.4, 0.5) is 0 Å². The first kappa shape index (κ1) is 52.2. The van der Waals surface area contributed by atoms with E-state index in [4.69, 9.17) is 28.4 Å². The highest BCUT2D eigenvalue weighted by Crippen LogP contribution is 2.53. The van der Waals surface area contributed by atoms with Gasteiger partial charge in [-0.25, -0.2) is 0 Å². The highest BCUT2D eigenvalue weighted by atomic mass is 16.5. The summed E-state index contributed by atoms with van der Waals surface area (Å²) in [5.74, 6) is 5.87. The molecule has 0 fully saturated rings. The first-order valence-electron chi connectivity index (χ1n) is 30.8. The van der Waals surface area contributed by atoms with Crippen molar-refractivity contribution in [1.82, 2.24) is 4.90 Å².